The molecule has 59 heavy (non-hydrogen) atoms. The van der Waals surface area contributed by atoms with Crippen LogP contribution in [-0.2, 0) is 25.8 Å². The molecule has 320 valence electrons. The number of likely N-dealkylation sites (tertiary alicyclic amines) is 1. The number of alkyl halides is 4. The van der Waals surface area contributed by atoms with Crippen LogP contribution in [0.3, 0.4) is 0 Å². The van der Waals surface area contributed by atoms with Crippen LogP contribution in [0.2, 0.25) is 0 Å². The summed E-state index contributed by atoms with van der Waals surface area (Å²) in [6.07, 6.45) is -2.27. The van der Waals surface area contributed by atoms with Gasteiger partial charge in [0.1, 0.15) is 23.4 Å². The quantitative estimate of drug-likeness (QED) is 0.158. The first-order chi connectivity index (χ1) is 27.8. The summed E-state index contributed by atoms with van der Waals surface area (Å²) in [6, 6.07) is 7.98. The second-order valence-electron chi connectivity index (χ2n) is 16.5. The number of rotatable bonds is 10. The van der Waals surface area contributed by atoms with E-state index in [1.54, 1.807) is 26.0 Å². The van der Waals surface area contributed by atoms with E-state index in [9.17, 15) is 36.3 Å². The average molecular weight is 849 g/mol. The topological polar surface area (TPSA) is 160 Å². The number of piperidine rings is 4. The fourth-order valence-electron chi connectivity index (χ4n) is 8.60. The number of nitrogens with one attached hydrogen (secondary N) is 3. The van der Waals surface area contributed by atoms with Gasteiger partial charge in [-0.1, -0.05) is 6.07 Å². The largest absolute Gasteiger partial charge is 0.421 e. The number of nitrogens with zero attached hydrogens (tertiary/aromatic N) is 5. The number of carbonyl (C=O) groups is 2. The normalized spacial score (nSPS) is 25.3. The molecule has 4 aliphatic heterocycles. The number of benzene rings is 2. The van der Waals surface area contributed by atoms with E-state index in [1.807, 2.05) is 9.80 Å². The number of anilines is 4. The van der Waals surface area contributed by atoms with Crippen LogP contribution in [0.15, 0.2) is 47.5 Å². The Morgan fingerprint density at radius 2 is 1.78 bits per heavy atom. The third kappa shape index (κ3) is 9.95. The minimum Gasteiger partial charge on any atom is -0.388 e. The van der Waals surface area contributed by atoms with Crippen LogP contribution >= 0.6 is 0 Å². The number of halogens is 5. The molecule has 0 bridgehead atoms. The Morgan fingerprint density at radius 3 is 2.44 bits per heavy atom. The number of β-amino-alcohol motifs (C(OH)–C–C–N with tert-alkyl or cyclic N) is 1. The molecule has 2 aromatic carbocycles. The Hall–Kier alpha value is -4.46. The minimum absolute atomic E-state index is 0.0401. The molecule has 3 aromatic rings. The summed E-state index contributed by atoms with van der Waals surface area (Å²) in [5, 5.41) is 15.7. The zero-order valence-electron chi connectivity index (χ0n) is 32.9. The van der Waals surface area contributed by atoms with Crippen molar-refractivity contribution >= 4 is 45.0 Å². The van der Waals surface area contributed by atoms with Gasteiger partial charge in [-0.15, -0.1) is 0 Å². The predicted octanol–water partition coefficient (Wildman–Crippen LogP) is 5.17. The summed E-state index contributed by atoms with van der Waals surface area (Å²) in [4.78, 5) is 37.0. The Kier molecular flexibility index (Phi) is 12.2. The van der Waals surface area contributed by atoms with Crippen molar-refractivity contribution in [1.82, 2.24) is 24.9 Å². The Morgan fingerprint density at radius 1 is 1.02 bits per heavy atom. The highest BCUT2D eigenvalue weighted by Crippen LogP contribution is 2.38. The Bertz CT molecular complexity index is 2170. The number of carbonyl (C=O) groups excluding carboxylic acids is 2. The molecule has 1 aromatic heterocycles. The van der Waals surface area contributed by atoms with Crippen LogP contribution in [0.25, 0.3) is 0 Å². The van der Waals surface area contributed by atoms with Gasteiger partial charge in [0.15, 0.2) is 0 Å². The Labute approximate surface area is 339 Å². The maximum atomic E-state index is 15.6. The number of amides is 2. The summed E-state index contributed by atoms with van der Waals surface area (Å²) in [5.74, 6) is -1.99. The first-order valence-electron chi connectivity index (χ1n) is 19.9. The van der Waals surface area contributed by atoms with E-state index in [2.05, 4.69) is 25.3 Å². The van der Waals surface area contributed by atoms with Crippen molar-refractivity contribution in [2.45, 2.75) is 93.6 Å². The van der Waals surface area contributed by atoms with Crippen LogP contribution in [0.4, 0.5) is 45.1 Å². The molecular formula is C40H49F5N8O5S. The molecular weight excluding hydrogens is 800 g/mol. The van der Waals surface area contributed by atoms with Gasteiger partial charge in [-0.3, -0.25) is 14.9 Å². The van der Waals surface area contributed by atoms with Gasteiger partial charge in [-0.25, -0.2) is 26.9 Å². The zero-order chi connectivity index (χ0) is 42.3. The predicted molar refractivity (Wildman–Crippen MR) is 210 cm³/mol. The third-order valence-electron chi connectivity index (χ3n) is 11.8. The monoisotopic (exact) mass is 848 g/mol. The zero-order valence-corrected chi connectivity index (χ0v) is 33.7. The van der Waals surface area contributed by atoms with Crippen LogP contribution in [0.5, 0.6) is 0 Å². The highest BCUT2D eigenvalue weighted by molar-refractivity contribution is 7.89. The van der Waals surface area contributed by atoms with Gasteiger partial charge in [0.25, 0.3) is 0 Å². The second kappa shape index (κ2) is 16.9. The maximum Gasteiger partial charge on any atom is 0.421 e. The molecule has 4 saturated heterocycles. The van der Waals surface area contributed by atoms with E-state index in [1.165, 1.54) is 29.2 Å². The van der Waals surface area contributed by atoms with E-state index >= 15 is 8.78 Å². The van der Waals surface area contributed by atoms with Gasteiger partial charge < -0.3 is 25.1 Å². The van der Waals surface area contributed by atoms with Crippen molar-refractivity contribution in [1.29, 1.82) is 0 Å². The van der Waals surface area contributed by atoms with Crippen LogP contribution in [0.1, 0.15) is 74.5 Å². The highest BCUT2D eigenvalue weighted by Gasteiger charge is 2.40. The lowest BCUT2D eigenvalue weighted by molar-refractivity contribution is -0.138. The molecule has 4 fully saturated rings. The van der Waals surface area contributed by atoms with Crippen molar-refractivity contribution in [2.75, 3.05) is 60.9 Å². The van der Waals surface area contributed by atoms with E-state index in [-0.39, 0.29) is 61.0 Å². The number of aliphatic hydroxyl groups is 1. The second-order valence-corrected chi connectivity index (χ2v) is 18.2. The van der Waals surface area contributed by atoms with Crippen LogP contribution in [-0.4, -0.2) is 104 Å². The van der Waals surface area contributed by atoms with Gasteiger partial charge in [-0.05, 0) is 106 Å². The standard InChI is InChI=1S/C40H49F5N8O5S/c1-24-18-27(5-7-32(24)47-38-46-20-29(40(43,44)45)36(49-38)53-14-3-13-39(2,56)23-53)59(57,58)50-33-12-15-51(22-31(33)42)21-25-10-16-52(17-11-25)34-8-4-26(19-30(34)41)28-6-9-35(54)48-37(28)55/h4-5,7-8,18-20,25,28,31,33,50,56H,3,6,9-17,21-23H2,1-2H3,(H,46,47,49)(H,48,54,55)/t28-,31-,33+,39-/m0/s1. The molecule has 0 aliphatic carbocycles. The number of imide groups is 1. The van der Waals surface area contributed by atoms with Gasteiger partial charge >= 0.3 is 6.18 Å². The van der Waals surface area contributed by atoms with E-state index < -0.39 is 57.2 Å². The minimum atomic E-state index is -4.73. The molecule has 0 spiro atoms. The first kappa shape index (κ1) is 42.7. The lowest BCUT2D eigenvalue weighted by Gasteiger charge is -2.39. The van der Waals surface area contributed by atoms with E-state index in [0.717, 1.165) is 12.8 Å². The van der Waals surface area contributed by atoms with E-state index in [0.29, 0.717) is 74.1 Å². The number of aromatic nitrogens is 2. The van der Waals surface area contributed by atoms with Gasteiger partial charge in [0, 0.05) is 57.6 Å². The van der Waals surface area contributed by atoms with Gasteiger partial charge in [-0.2, -0.15) is 18.2 Å². The van der Waals surface area contributed by atoms with Crippen molar-refractivity contribution in [3.63, 3.8) is 0 Å². The highest BCUT2D eigenvalue weighted by atomic mass is 32.2. The third-order valence-corrected chi connectivity index (χ3v) is 13.3. The van der Waals surface area contributed by atoms with Crippen molar-refractivity contribution in [3.8, 4) is 0 Å². The van der Waals surface area contributed by atoms with Gasteiger partial charge in [0.05, 0.1) is 28.1 Å². The molecule has 7 rings (SSSR count). The fourth-order valence-corrected chi connectivity index (χ4v) is 9.98. The molecule has 0 unspecified atom stereocenters. The lowest BCUT2D eigenvalue weighted by Crippen LogP contribution is -2.53. The van der Waals surface area contributed by atoms with Crippen LogP contribution in [0, 0.1) is 18.7 Å². The molecule has 0 saturated carbocycles. The molecule has 5 heterocycles. The fraction of sp³-hybridized carbons (Fsp3) is 0.550. The first-order valence-corrected chi connectivity index (χ1v) is 21.4. The number of sulfonamides is 1. The van der Waals surface area contributed by atoms with Crippen molar-refractivity contribution in [3.05, 3.63) is 65.1 Å². The summed E-state index contributed by atoms with van der Waals surface area (Å²) in [6.45, 7) is 5.77. The molecule has 4 aliphatic rings. The molecule has 2 amide bonds. The molecule has 13 nitrogen and oxygen atoms in total. The van der Waals surface area contributed by atoms with E-state index in [4.69, 9.17) is 0 Å². The molecule has 0 radical (unpaired) electrons. The van der Waals surface area contributed by atoms with Crippen molar-refractivity contribution in [2.24, 2.45) is 5.92 Å². The lowest BCUT2D eigenvalue weighted by atomic mass is 9.90. The number of aryl methyl sites for hydroxylation is 1. The van der Waals surface area contributed by atoms with Gasteiger partial charge in [0.2, 0.25) is 27.8 Å². The number of hydrogen-bond acceptors (Lipinski definition) is 11. The number of hydrogen-bond donors (Lipinski definition) is 4. The maximum absolute atomic E-state index is 15.6. The average Bonchev–Trinajstić information content (AvgIpc) is 3.16. The molecule has 19 heteroatoms. The summed E-state index contributed by atoms with van der Waals surface area (Å²) in [5.41, 5.74) is -0.445. The molecule has 4 atom stereocenters. The smallest absolute Gasteiger partial charge is 0.388 e. The summed E-state index contributed by atoms with van der Waals surface area (Å²) < 4.78 is 102. The Balaban J connectivity index is 0.910. The summed E-state index contributed by atoms with van der Waals surface area (Å²) in [7, 11) is -4.15. The van der Waals surface area contributed by atoms with Crippen molar-refractivity contribution < 1.29 is 45.1 Å². The molecule has 4 N–H and O–H groups in total. The summed E-state index contributed by atoms with van der Waals surface area (Å²) >= 11 is 0. The SMILES string of the molecule is Cc1cc(S(=O)(=O)N[C@@H]2CCN(CC3CCN(c4ccc([C@@H]5CCC(=O)NC5=O)cc4F)CC3)C[C@@H]2F)ccc1Nc1ncc(C(F)(F)F)c(N2CCC[C@](C)(O)C2)n1. The van der Waals surface area contributed by atoms with Crippen LogP contribution < -0.4 is 25.2 Å².